The third-order valence-electron chi connectivity index (χ3n) is 3.69. The van der Waals surface area contributed by atoms with Crippen molar-refractivity contribution in [2.45, 2.75) is 0 Å². The van der Waals surface area contributed by atoms with Crippen LogP contribution in [0.2, 0.25) is 0 Å². The van der Waals surface area contributed by atoms with E-state index in [0.29, 0.717) is 5.56 Å². The summed E-state index contributed by atoms with van der Waals surface area (Å²) in [5, 5.41) is 18.6. The van der Waals surface area contributed by atoms with Crippen LogP contribution in [-0.2, 0) is 11.8 Å². The molecule has 3 rings (SSSR count). The Morgan fingerprint density at radius 1 is 0.840 bits per heavy atom. The monoisotopic (exact) mass is 361 g/mol. The average Bonchev–Trinajstić information content (AvgIpc) is 2.70. The first-order chi connectivity index (χ1) is 12.2. The van der Waals surface area contributed by atoms with Gasteiger partial charge in [0.15, 0.2) is 0 Å². The Kier molecular flexibility index (Phi) is 5.40. The van der Waals surface area contributed by atoms with Gasteiger partial charge in [0.25, 0.3) is 0 Å². The molecule has 0 aromatic heterocycles. The van der Waals surface area contributed by atoms with Crippen LogP contribution in [-0.4, -0.2) is 6.21 Å². The van der Waals surface area contributed by atoms with E-state index in [4.69, 9.17) is 17.1 Å². The van der Waals surface area contributed by atoms with E-state index >= 15 is 0 Å². The SMILES string of the molecule is N#Cc1ccc(/C=N\NP(=S)(c2ccccc2)c2ccccc2)cc1. The second-order valence-electron chi connectivity index (χ2n) is 5.37. The molecule has 0 saturated heterocycles. The van der Waals surface area contributed by atoms with Crippen molar-refractivity contribution >= 4 is 34.8 Å². The average molecular weight is 361 g/mol. The first kappa shape index (κ1) is 17.1. The van der Waals surface area contributed by atoms with E-state index in [0.717, 1.165) is 16.2 Å². The summed E-state index contributed by atoms with van der Waals surface area (Å²) < 4.78 is 0. The molecule has 0 aliphatic rings. The van der Waals surface area contributed by atoms with Crippen LogP contribution >= 0.6 is 6.19 Å². The van der Waals surface area contributed by atoms with E-state index in [2.05, 4.69) is 16.4 Å². The van der Waals surface area contributed by atoms with Gasteiger partial charge in [-0.05, 0) is 17.7 Å². The minimum Gasteiger partial charge on any atom is -0.272 e. The number of rotatable bonds is 5. The zero-order chi connectivity index (χ0) is 17.5. The maximum Gasteiger partial charge on any atom is 0.106 e. The Labute approximate surface area is 152 Å². The van der Waals surface area contributed by atoms with Crippen molar-refractivity contribution in [3.05, 3.63) is 96.1 Å². The summed E-state index contributed by atoms with van der Waals surface area (Å²) in [4.78, 5) is 0. The van der Waals surface area contributed by atoms with E-state index < -0.39 is 6.19 Å². The summed E-state index contributed by atoms with van der Waals surface area (Å²) >= 11 is 6.03. The summed E-state index contributed by atoms with van der Waals surface area (Å²) in [6.07, 6.45) is -0.513. The van der Waals surface area contributed by atoms with Crippen molar-refractivity contribution in [1.29, 1.82) is 5.26 Å². The summed E-state index contributed by atoms with van der Waals surface area (Å²) in [6, 6.07) is 29.4. The molecule has 3 aromatic rings. The van der Waals surface area contributed by atoms with E-state index in [9.17, 15) is 0 Å². The third-order valence-corrected chi connectivity index (χ3v) is 7.65. The minimum atomic E-state index is -2.24. The predicted molar refractivity (Wildman–Crippen MR) is 108 cm³/mol. The van der Waals surface area contributed by atoms with Gasteiger partial charge in [-0.3, -0.25) is 5.20 Å². The van der Waals surface area contributed by atoms with Crippen molar-refractivity contribution in [2.75, 3.05) is 0 Å². The van der Waals surface area contributed by atoms with Crippen LogP contribution in [0.5, 0.6) is 0 Å². The van der Waals surface area contributed by atoms with Gasteiger partial charge in [0.05, 0.1) is 17.8 Å². The molecule has 5 heteroatoms. The van der Waals surface area contributed by atoms with Crippen molar-refractivity contribution in [3.8, 4) is 6.07 Å². The molecule has 3 aromatic carbocycles. The molecule has 0 aliphatic carbocycles. The van der Waals surface area contributed by atoms with Gasteiger partial charge in [-0.2, -0.15) is 10.4 Å². The highest BCUT2D eigenvalue weighted by Gasteiger charge is 2.21. The predicted octanol–water partition coefficient (Wildman–Crippen LogP) is 3.53. The van der Waals surface area contributed by atoms with Crippen LogP contribution in [0.4, 0.5) is 0 Å². The molecule has 0 unspecified atom stereocenters. The molecule has 0 spiro atoms. The van der Waals surface area contributed by atoms with Crippen LogP contribution in [0.15, 0.2) is 90.0 Å². The number of hydrogen-bond acceptors (Lipinski definition) is 3. The topological polar surface area (TPSA) is 48.2 Å². The van der Waals surface area contributed by atoms with Gasteiger partial charge in [0.1, 0.15) is 6.19 Å². The summed E-state index contributed by atoms with van der Waals surface area (Å²) in [7, 11) is 0. The Morgan fingerprint density at radius 2 is 1.36 bits per heavy atom. The van der Waals surface area contributed by atoms with Gasteiger partial charge >= 0.3 is 0 Å². The lowest BCUT2D eigenvalue weighted by atomic mass is 10.2. The molecular weight excluding hydrogens is 345 g/mol. The lowest BCUT2D eigenvalue weighted by molar-refractivity contribution is 1.11. The molecule has 0 aliphatic heterocycles. The highest BCUT2D eigenvalue weighted by Crippen LogP contribution is 2.38. The molecule has 1 N–H and O–H groups in total. The highest BCUT2D eigenvalue weighted by molar-refractivity contribution is 8.20. The second-order valence-corrected chi connectivity index (χ2v) is 9.47. The third kappa shape index (κ3) is 4.03. The van der Waals surface area contributed by atoms with Crippen molar-refractivity contribution < 1.29 is 0 Å². The molecule has 0 atom stereocenters. The summed E-state index contributed by atoms with van der Waals surface area (Å²) in [6.45, 7) is 0. The number of hydrogen-bond donors (Lipinski definition) is 1. The van der Waals surface area contributed by atoms with Crippen molar-refractivity contribution in [2.24, 2.45) is 5.10 Å². The largest absolute Gasteiger partial charge is 0.272 e. The molecule has 0 bridgehead atoms. The maximum atomic E-state index is 8.86. The lowest BCUT2D eigenvalue weighted by Gasteiger charge is -2.22. The fourth-order valence-electron chi connectivity index (χ4n) is 2.37. The van der Waals surface area contributed by atoms with E-state index in [1.54, 1.807) is 18.3 Å². The van der Waals surface area contributed by atoms with Crippen LogP contribution < -0.4 is 15.8 Å². The lowest BCUT2D eigenvalue weighted by Crippen LogP contribution is -2.24. The van der Waals surface area contributed by atoms with Gasteiger partial charge in [0, 0.05) is 10.6 Å². The number of nitriles is 1. The van der Waals surface area contributed by atoms with Crippen LogP contribution in [0.25, 0.3) is 0 Å². The van der Waals surface area contributed by atoms with Crippen LogP contribution in [0, 0.1) is 11.3 Å². The van der Waals surface area contributed by atoms with Gasteiger partial charge in [-0.15, -0.1) is 0 Å². The molecule has 3 nitrogen and oxygen atoms in total. The fraction of sp³-hybridized carbons (Fsp3) is 0. The van der Waals surface area contributed by atoms with Gasteiger partial charge in [-0.25, -0.2) is 0 Å². The maximum absolute atomic E-state index is 8.86. The molecule has 122 valence electrons. The molecule has 0 fully saturated rings. The fourth-order valence-corrected chi connectivity index (χ4v) is 5.17. The zero-order valence-corrected chi connectivity index (χ0v) is 15.1. The second kappa shape index (κ2) is 7.90. The Hall–Kier alpha value is -2.73. The normalized spacial score (nSPS) is 11.2. The van der Waals surface area contributed by atoms with Crippen LogP contribution in [0.3, 0.4) is 0 Å². The van der Waals surface area contributed by atoms with Crippen molar-refractivity contribution in [1.82, 2.24) is 5.20 Å². The smallest absolute Gasteiger partial charge is 0.106 e. The van der Waals surface area contributed by atoms with Gasteiger partial charge in [0.2, 0.25) is 0 Å². The number of hydrazone groups is 1. The number of nitrogens with zero attached hydrogens (tertiary/aromatic N) is 2. The minimum absolute atomic E-state index is 0.629. The van der Waals surface area contributed by atoms with Gasteiger partial charge < -0.3 is 0 Å². The quantitative estimate of drug-likeness (QED) is 0.430. The molecular formula is C20H16N3PS. The number of benzene rings is 3. The standard InChI is InChI=1S/C20H16N3PS/c21-15-17-11-13-18(14-12-17)16-22-23-24(25,19-7-3-1-4-8-19)20-9-5-2-6-10-20/h1-14,16H,(H,23,25)/b22-16-. The Bertz CT molecular complexity index is 902. The first-order valence-corrected chi connectivity index (χ1v) is 10.5. The van der Waals surface area contributed by atoms with E-state index in [-0.39, 0.29) is 0 Å². The van der Waals surface area contributed by atoms with Gasteiger partial charge in [-0.1, -0.05) is 84.6 Å². The zero-order valence-electron chi connectivity index (χ0n) is 13.4. The van der Waals surface area contributed by atoms with E-state index in [1.165, 1.54) is 0 Å². The highest BCUT2D eigenvalue weighted by atomic mass is 32.4. The summed E-state index contributed by atoms with van der Waals surface area (Å²) in [5.41, 5.74) is 1.54. The van der Waals surface area contributed by atoms with E-state index in [1.807, 2.05) is 72.8 Å². The Balaban J connectivity index is 1.90. The van der Waals surface area contributed by atoms with Crippen LogP contribution in [0.1, 0.15) is 11.1 Å². The first-order valence-electron chi connectivity index (χ1n) is 7.74. The number of nitrogens with one attached hydrogen (secondary N) is 1. The molecule has 0 saturated carbocycles. The molecule has 0 amide bonds. The Morgan fingerprint density at radius 3 is 1.84 bits per heavy atom. The summed E-state index contributed by atoms with van der Waals surface area (Å²) in [5.74, 6) is 0. The molecule has 25 heavy (non-hydrogen) atoms. The molecule has 0 heterocycles. The van der Waals surface area contributed by atoms with Crippen molar-refractivity contribution in [3.63, 3.8) is 0 Å². The molecule has 0 radical (unpaired) electrons.